The monoisotopic (exact) mass is 671 g/mol. The third kappa shape index (κ3) is 4.75. The highest BCUT2D eigenvalue weighted by Gasteiger charge is 2.58. The molecule has 3 atom stereocenters. The molecule has 48 heavy (non-hydrogen) atoms. The number of hydrogen-bond donors (Lipinski definition) is 1. The van der Waals surface area contributed by atoms with E-state index in [1.165, 1.54) is 11.1 Å². The molecule has 0 unspecified atom stereocenters. The molecule has 0 amide bonds. The first kappa shape index (κ1) is 30.9. The predicted octanol–water partition coefficient (Wildman–Crippen LogP) is 6.62. The van der Waals surface area contributed by atoms with Crippen LogP contribution in [0.25, 0.3) is 28.5 Å². The number of benzene rings is 1. The average molecular weight is 672 g/mol. The molecule has 1 aromatic carbocycles. The van der Waals surface area contributed by atoms with Crippen LogP contribution in [0.5, 0.6) is 6.01 Å². The highest BCUT2D eigenvalue weighted by Crippen LogP contribution is 2.66. The minimum Gasteiger partial charge on any atom is -0.461 e. The lowest BCUT2D eigenvalue weighted by Gasteiger charge is -2.32. The van der Waals surface area contributed by atoms with E-state index in [1.807, 2.05) is 19.2 Å². The molecule has 9 rings (SSSR count). The van der Waals surface area contributed by atoms with Gasteiger partial charge in [0.25, 0.3) is 0 Å². The first-order valence-electron chi connectivity index (χ1n) is 17.6. The third-order valence-corrected chi connectivity index (χ3v) is 12.1. The molecule has 3 aliphatic heterocycles. The van der Waals surface area contributed by atoms with Crippen molar-refractivity contribution >= 4 is 23.5 Å². The Morgan fingerprint density at radius 3 is 2.81 bits per heavy atom. The van der Waals surface area contributed by atoms with E-state index in [2.05, 4.69) is 35.4 Å². The summed E-state index contributed by atoms with van der Waals surface area (Å²) in [5.41, 5.74) is 7.85. The number of halogens is 2. The van der Waals surface area contributed by atoms with Gasteiger partial charge in [0.05, 0.1) is 36.7 Å². The lowest BCUT2D eigenvalue weighted by Crippen LogP contribution is -2.44. The number of β-amino-alcohol motifs (C(OH)–C–C–N with tert-alkyl or cyclic N) is 1. The Labute approximate surface area is 286 Å². The number of aromatic nitrogens is 3. The van der Waals surface area contributed by atoms with Gasteiger partial charge < -0.3 is 19.5 Å². The summed E-state index contributed by atoms with van der Waals surface area (Å²) in [6.45, 7) is 11.5. The smallest absolute Gasteiger partial charge is 0.318 e. The van der Waals surface area contributed by atoms with Crippen molar-refractivity contribution in [1.29, 1.82) is 0 Å². The molecular formula is C38H43ClFN5O3. The highest BCUT2D eigenvalue weighted by atomic mass is 35.5. The van der Waals surface area contributed by atoms with Crippen LogP contribution in [0.1, 0.15) is 85.7 Å². The summed E-state index contributed by atoms with van der Waals surface area (Å²) >= 11 is 7.03. The van der Waals surface area contributed by atoms with Crippen LogP contribution in [0.3, 0.4) is 0 Å². The second kappa shape index (κ2) is 10.9. The minimum atomic E-state index is -1.06. The van der Waals surface area contributed by atoms with Gasteiger partial charge >= 0.3 is 6.01 Å². The molecule has 2 aromatic heterocycles. The molecule has 252 valence electrons. The van der Waals surface area contributed by atoms with Crippen LogP contribution < -0.4 is 9.64 Å². The van der Waals surface area contributed by atoms with E-state index in [-0.39, 0.29) is 17.6 Å². The number of hydrogen-bond acceptors (Lipinski definition) is 8. The Hall–Kier alpha value is -3.11. The first-order valence-corrected chi connectivity index (χ1v) is 18.0. The topological polar surface area (TPSA) is 83.8 Å². The van der Waals surface area contributed by atoms with Crippen molar-refractivity contribution in [3.63, 3.8) is 0 Å². The van der Waals surface area contributed by atoms with Gasteiger partial charge in [-0.1, -0.05) is 24.3 Å². The standard InChI is InChI=1S/C38H43ClFN5O3/c1-4-25-22(2)16-27(39)28(23-6-7-23)29(25)32-31-26(8-12-41-32)30-33(38(31)10-11-38)42-35(43-34(30)44-14-15-47-20-36(3,46)19-44)48-21-37-9-5-13-45(37)18-24(40)17-37/h4,8,12,16,23-24,46H,1,5-7,9-11,13-15,17-21H2,2-3H3/t24-,36+,37+/m1/s1. The molecule has 3 saturated heterocycles. The lowest BCUT2D eigenvalue weighted by atomic mass is 9.85. The summed E-state index contributed by atoms with van der Waals surface area (Å²) in [6, 6.07) is 4.48. The maximum absolute atomic E-state index is 14.6. The van der Waals surface area contributed by atoms with Crippen molar-refractivity contribution in [2.24, 2.45) is 0 Å². The van der Waals surface area contributed by atoms with E-state index < -0.39 is 11.8 Å². The van der Waals surface area contributed by atoms with Crippen LogP contribution in [0.4, 0.5) is 10.2 Å². The molecule has 1 spiro atoms. The molecule has 0 radical (unpaired) electrons. The largest absolute Gasteiger partial charge is 0.461 e. The van der Waals surface area contributed by atoms with Crippen LogP contribution in [-0.4, -0.2) is 88.3 Å². The Morgan fingerprint density at radius 1 is 1.21 bits per heavy atom. The zero-order valence-corrected chi connectivity index (χ0v) is 28.6. The Morgan fingerprint density at radius 2 is 2.04 bits per heavy atom. The fourth-order valence-electron chi connectivity index (χ4n) is 9.32. The summed E-state index contributed by atoms with van der Waals surface area (Å²) in [6.07, 6.45) is 9.55. The maximum Gasteiger partial charge on any atom is 0.318 e. The number of anilines is 1. The number of aryl methyl sites for hydroxylation is 1. The molecule has 3 aromatic rings. The number of rotatable bonds is 7. The van der Waals surface area contributed by atoms with Gasteiger partial charge in [0.15, 0.2) is 0 Å². The number of fused-ring (bicyclic) bond motifs is 6. The van der Waals surface area contributed by atoms with Crippen molar-refractivity contribution in [2.45, 2.75) is 87.4 Å². The van der Waals surface area contributed by atoms with Crippen molar-refractivity contribution in [1.82, 2.24) is 19.9 Å². The molecule has 10 heteroatoms. The second-order valence-corrected chi connectivity index (χ2v) is 15.8. The SMILES string of the molecule is C=Cc1c(C)cc(Cl)c(C2CC2)c1-c1nccc2c1C1(CC1)c1nc(OC[C@@]34CCCN3C[C@H](F)C4)nc(N3CCOC[C@@](C)(O)C3)c1-2. The first-order chi connectivity index (χ1) is 23.1. The normalized spacial score (nSPS) is 28.7. The summed E-state index contributed by atoms with van der Waals surface area (Å²) in [5.74, 6) is 1.15. The van der Waals surface area contributed by atoms with Gasteiger partial charge in [-0.15, -0.1) is 0 Å². The Bertz CT molecular complexity index is 1840. The molecule has 5 heterocycles. The second-order valence-electron chi connectivity index (χ2n) is 15.4. The van der Waals surface area contributed by atoms with E-state index in [1.54, 1.807) is 0 Å². The van der Waals surface area contributed by atoms with E-state index in [9.17, 15) is 9.50 Å². The van der Waals surface area contributed by atoms with E-state index in [0.29, 0.717) is 51.2 Å². The fourth-order valence-corrected chi connectivity index (χ4v) is 9.73. The van der Waals surface area contributed by atoms with Crippen LogP contribution in [0, 0.1) is 6.92 Å². The average Bonchev–Trinajstić information content (AvgIpc) is 3.96. The van der Waals surface area contributed by atoms with Crippen LogP contribution in [0.15, 0.2) is 24.9 Å². The quantitative estimate of drug-likeness (QED) is 0.300. The number of pyridine rings is 1. The van der Waals surface area contributed by atoms with Gasteiger partial charge in [-0.2, -0.15) is 9.97 Å². The van der Waals surface area contributed by atoms with Gasteiger partial charge in [-0.25, -0.2) is 4.39 Å². The number of alkyl halides is 1. The molecule has 8 nitrogen and oxygen atoms in total. The van der Waals surface area contributed by atoms with Gasteiger partial charge in [0.1, 0.15) is 24.2 Å². The molecule has 3 aliphatic carbocycles. The van der Waals surface area contributed by atoms with E-state index in [0.717, 1.165) is 95.1 Å². The van der Waals surface area contributed by atoms with E-state index >= 15 is 0 Å². The number of nitrogens with zero attached hydrogens (tertiary/aromatic N) is 5. The molecule has 1 N–H and O–H groups in total. The van der Waals surface area contributed by atoms with Crippen LogP contribution in [-0.2, 0) is 10.2 Å². The lowest BCUT2D eigenvalue weighted by molar-refractivity contribution is -0.0123. The summed E-state index contributed by atoms with van der Waals surface area (Å²) in [4.78, 5) is 19.9. The van der Waals surface area contributed by atoms with Crippen molar-refractivity contribution in [3.05, 3.63) is 57.9 Å². The molecular weight excluding hydrogens is 629 g/mol. The van der Waals surface area contributed by atoms with Gasteiger partial charge in [0.2, 0.25) is 0 Å². The van der Waals surface area contributed by atoms with Crippen LogP contribution in [0.2, 0.25) is 5.02 Å². The number of aliphatic hydroxyl groups is 1. The predicted molar refractivity (Wildman–Crippen MR) is 185 cm³/mol. The van der Waals surface area contributed by atoms with Gasteiger partial charge in [0, 0.05) is 47.3 Å². The van der Waals surface area contributed by atoms with Crippen molar-refractivity contribution in [3.8, 4) is 28.4 Å². The summed E-state index contributed by atoms with van der Waals surface area (Å²) < 4.78 is 27.0. The number of ether oxygens (including phenoxy) is 2. The van der Waals surface area contributed by atoms with E-state index in [4.69, 9.17) is 36.0 Å². The molecule has 0 bridgehead atoms. The third-order valence-electron chi connectivity index (χ3n) is 11.7. The fraction of sp³-hybridized carbons (Fsp3) is 0.553. The Balaban J connectivity index is 1.22. The van der Waals surface area contributed by atoms with Gasteiger partial charge in [-0.05, 0) is 105 Å². The summed E-state index contributed by atoms with van der Waals surface area (Å²) in [5, 5.41) is 12.1. The van der Waals surface area contributed by atoms with Crippen molar-refractivity contribution in [2.75, 3.05) is 50.9 Å². The maximum atomic E-state index is 14.6. The molecule has 5 fully saturated rings. The zero-order valence-electron chi connectivity index (χ0n) is 27.8. The molecule has 6 aliphatic rings. The molecule has 2 saturated carbocycles. The summed E-state index contributed by atoms with van der Waals surface area (Å²) in [7, 11) is 0. The minimum absolute atomic E-state index is 0.250. The van der Waals surface area contributed by atoms with Gasteiger partial charge in [-0.3, -0.25) is 9.88 Å². The Kier molecular flexibility index (Phi) is 7.05. The zero-order chi connectivity index (χ0) is 33.0. The van der Waals surface area contributed by atoms with Crippen LogP contribution >= 0.6 is 11.6 Å². The van der Waals surface area contributed by atoms with Crippen molar-refractivity contribution < 1.29 is 19.0 Å². The highest BCUT2D eigenvalue weighted by molar-refractivity contribution is 6.32.